The van der Waals surface area contributed by atoms with Crippen LogP contribution in [0.25, 0.3) is 11.2 Å². The lowest BCUT2D eigenvalue weighted by molar-refractivity contribution is 0.245. The van der Waals surface area contributed by atoms with Crippen LogP contribution in [0.2, 0.25) is 0 Å². The average molecular weight is 294 g/mol. The third-order valence-electron chi connectivity index (χ3n) is 3.87. The molecule has 1 aliphatic heterocycles. The Balaban J connectivity index is 1.69. The van der Waals surface area contributed by atoms with Crippen LogP contribution in [0.3, 0.4) is 0 Å². The van der Waals surface area contributed by atoms with Crippen molar-refractivity contribution in [1.82, 2.24) is 19.9 Å². The number of rotatable bonds is 3. The van der Waals surface area contributed by atoms with Crippen LogP contribution >= 0.6 is 0 Å². The van der Waals surface area contributed by atoms with Crippen molar-refractivity contribution in [2.24, 2.45) is 0 Å². The summed E-state index contributed by atoms with van der Waals surface area (Å²) >= 11 is 0. The van der Waals surface area contributed by atoms with E-state index < -0.39 is 0 Å². The van der Waals surface area contributed by atoms with Gasteiger partial charge in [0, 0.05) is 6.20 Å². The minimum atomic E-state index is -0.149. The van der Waals surface area contributed by atoms with Gasteiger partial charge in [0.15, 0.2) is 5.65 Å². The molecule has 1 atom stereocenters. The summed E-state index contributed by atoms with van der Waals surface area (Å²) in [7, 11) is 1.64. The predicted molar refractivity (Wildman–Crippen MR) is 80.9 cm³/mol. The summed E-state index contributed by atoms with van der Waals surface area (Å²) in [4.78, 5) is 20.9. The fourth-order valence-corrected chi connectivity index (χ4v) is 2.80. The number of nitrogens with one attached hydrogen (secondary N) is 1. The summed E-state index contributed by atoms with van der Waals surface area (Å²) in [6, 6.07) is 11.2. The number of methoxy groups -OCH3 is 1. The summed E-state index contributed by atoms with van der Waals surface area (Å²) < 4.78 is 6.77. The normalized spacial score (nSPS) is 16.6. The molecular weight excluding hydrogens is 280 g/mol. The van der Waals surface area contributed by atoms with Crippen molar-refractivity contribution < 1.29 is 9.53 Å². The lowest BCUT2D eigenvalue weighted by Crippen LogP contribution is -2.22. The minimum absolute atomic E-state index is 0.143. The van der Waals surface area contributed by atoms with Gasteiger partial charge < -0.3 is 10.1 Å². The Hall–Kier alpha value is -2.89. The molecule has 3 heterocycles. The molecule has 1 aliphatic rings. The molecule has 22 heavy (non-hydrogen) atoms. The third kappa shape index (κ3) is 1.92. The van der Waals surface area contributed by atoms with E-state index in [4.69, 9.17) is 4.74 Å². The lowest BCUT2D eigenvalue weighted by atomic mass is 10.1. The Kier molecular flexibility index (Phi) is 2.82. The summed E-state index contributed by atoms with van der Waals surface area (Å²) in [5, 5.41) is 2.97. The molecule has 1 aromatic carbocycles. The lowest BCUT2D eigenvalue weighted by Gasteiger charge is -2.09. The number of pyridine rings is 1. The second kappa shape index (κ2) is 4.84. The minimum Gasteiger partial charge on any atom is -0.497 e. The Bertz CT molecular complexity index is 854. The average Bonchev–Trinajstić information content (AvgIpc) is 3.07. The molecule has 0 spiro atoms. The van der Waals surface area contributed by atoms with Gasteiger partial charge >= 0.3 is 6.03 Å². The molecule has 6 heteroatoms. The molecule has 0 bridgehead atoms. The van der Waals surface area contributed by atoms with E-state index in [0.717, 1.165) is 22.7 Å². The second-order valence-corrected chi connectivity index (χ2v) is 5.21. The number of hydrogen-bond donors (Lipinski definition) is 1. The zero-order valence-electron chi connectivity index (χ0n) is 12.0. The molecule has 0 saturated heterocycles. The number of carbonyl (C=O) groups is 1. The number of carbonyl (C=O) groups excluding carboxylic acids is 1. The van der Waals surface area contributed by atoms with Gasteiger partial charge in [-0.3, -0.25) is 0 Å². The first-order chi connectivity index (χ1) is 10.8. The number of imidazole rings is 1. The molecule has 4 rings (SSSR count). The Morgan fingerprint density at radius 2 is 2.09 bits per heavy atom. The van der Waals surface area contributed by atoms with Crippen molar-refractivity contribution >= 4 is 17.2 Å². The Morgan fingerprint density at radius 3 is 2.86 bits per heavy atom. The molecule has 0 radical (unpaired) electrons. The maximum atomic E-state index is 12.2. The van der Waals surface area contributed by atoms with E-state index >= 15 is 0 Å². The van der Waals surface area contributed by atoms with E-state index in [0.29, 0.717) is 12.1 Å². The van der Waals surface area contributed by atoms with Gasteiger partial charge in [-0.15, -0.1) is 0 Å². The van der Waals surface area contributed by atoms with E-state index in [9.17, 15) is 4.79 Å². The summed E-state index contributed by atoms with van der Waals surface area (Å²) in [6.45, 7) is 0. The van der Waals surface area contributed by atoms with Crippen LogP contribution in [-0.2, 0) is 6.42 Å². The van der Waals surface area contributed by atoms with Crippen LogP contribution in [0.15, 0.2) is 42.6 Å². The summed E-state index contributed by atoms with van der Waals surface area (Å²) in [6.07, 6.45) is 2.36. The zero-order valence-corrected chi connectivity index (χ0v) is 12.0. The van der Waals surface area contributed by atoms with Gasteiger partial charge in [-0.05, 0) is 36.2 Å². The SMILES string of the molecule is COc1ccc(CC2NC(=O)n3c2nc2ncccc23)cc1. The molecule has 1 unspecified atom stereocenters. The van der Waals surface area contributed by atoms with Gasteiger partial charge in [0.25, 0.3) is 0 Å². The number of amides is 1. The van der Waals surface area contributed by atoms with Crippen LogP contribution < -0.4 is 10.1 Å². The van der Waals surface area contributed by atoms with Crippen LogP contribution in [0, 0.1) is 0 Å². The highest BCUT2D eigenvalue weighted by molar-refractivity contribution is 5.91. The molecule has 0 saturated carbocycles. The smallest absolute Gasteiger partial charge is 0.328 e. The highest BCUT2D eigenvalue weighted by Crippen LogP contribution is 2.27. The van der Waals surface area contributed by atoms with Crippen molar-refractivity contribution in [3.8, 4) is 5.75 Å². The molecule has 110 valence electrons. The molecule has 1 amide bonds. The first kappa shape index (κ1) is 12.8. The number of benzene rings is 1. The first-order valence-corrected chi connectivity index (χ1v) is 7.03. The number of fused-ring (bicyclic) bond motifs is 3. The van der Waals surface area contributed by atoms with Crippen LogP contribution in [0.4, 0.5) is 4.79 Å². The molecule has 6 nitrogen and oxygen atoms in total. The quantitative estimate of drug-likeness (QED) is 0.804. The van der Waals surface area contributed by atoms with E-state index in [2.05, 4.69) is 15.3 Å². The van der Waals surface area contributed by atoms with E-state index in [1.807, 2.05) is 30.3 Å². The van der Waals surface area contributed by atoms with Gasteiger partial charge in [0.2, 0.25) is 0 Å². The maximum Gasteiger partial charge on any atom is 0.328 e. The fraction of sp³-hybridized carbons (Fsp3) is 0.188. The molecule has 3 aromatic rings. The number of aromatic nitrogens is 3. The summed E-state index contributed by atoms with van der Waals surface area (Å²) in [5.41, 5.74) is 2.46. The van der Waals surface area contributed by atoms with E-state index in [1.165, 1.54) is 0 Å². The Labute approximate surface area is 126 Å². The van der Waals surface area contributed by atoms with Crippen molar-refractivity contribution in [1.29, 1.82) is 0 Å². The van der Waals surface area contributed by atoms with Crippen molar-refractivity contribution in [2.75, 3.05) is 7.11 Å². The van der Waals surface area contributed by atoms with Crippen molar-refractivity contribution in [2.45, 2.75) is 12.5 Å². The standard InChI is InChI=1S/C16H14N4O2/c1-22-11-6-4-10(5-7-11)9-12-15-19-14-13(3-2-8-17-14)20(15)16(21)18-12/h2-8,12H,9H2,1H3,(H,18,21). The number of ether oxygens (including phenoxy) is 1. The van der Waals surface area contributed by atoms with Crippen molar-refractivity contribution in [3.63, 3.8) is 0 Å². The van der Waals surface area contributed by atoms with Crippen LogP contribution in [-0.4, -0.2) is 27.7 Å². The number of nitrogens with zero attached hydrogens (tertiary/aromatic N) is 3. The molecule has 0 aliphatic carbocycles. The van der Waals surface area contributed by atoms with Gasteiger partial charge in [-0.25, -0.2) is 19.3 Å². The predicted octanol–water partition coefficient (Wildman–Crippen LogP) is 2.29. The topological polar surface area (TPSA) is 69.0 Å². The number of hydrogen-bond acceptors (Lipinski definition) is 4. The fourth-order valence-electron chi connectivity index (χ4n) is 2.80. The largest absolute Gasteiger partial charge is 0.497 e. The molecule has 2 aromatic heterocycles. The second-order valence-electron chi connectivity index (χ2n) is 5.21. The van der Waals surface area contributed by atoms with Gasteiger partial charge in [-0.1, -0.05) is 12.1 Å². The monoisotopic (exact) mass is 294 g/mol. The highest BCUT2D eigenvalue weighted by atomic mass is 16.5. The Morgan fingerprint density at radius 1 is 1.27 bits per heavy atom. The van der Waals surface area contributed by atoms with Crippen molar-refractivity contribution in [3.05, 3.63) is 54.0 Å². The molecule has 0 fully saturated rings. The van der Waals surface area contributed by atoms with Gasteiger partial charge in [0.05, 0.1) is 18.7 Å². The molecule has 1 N–H and O–H groups in total. The van der Waals surface area contributed by atoms with Gasteiger partial charge in [0.1, 0.15) is 11.6 Å². The van der Waals surface area contributed by atoms with Crippen LogP contribution in [0.1, 0.15) is 17.4 Å². The summed E-state index contributed by atoms with van der Waals surface area (Å²) in [5.74, 6) is 1.53. The molecular formula is C16H14N4O2. The first-order valence-electron chi connectivity index (χ1n) is 7.03. The zero-order chi connectivity index (χ0) is 15.1. The van der Waals surface area contributed by atoms with E-state index in [-0.39, 0.29) is 12.1 Å². The van der Waals surface area contributed by atoms with E-state index in [1.54, 1.807) is 23.9 Å². The maximum absolute atomic E-state index is 12.2. The van der Waals surface area contributed by atoms with Gasteiger partial charge in [-0.2, -0.15) is 0 Å². The highest BCUT2D eigenvalue weighted by Gasteiger charge is 2.32. The third-order valence-corrected chi connectivity index (χ3v) is 3.87. The van der Waals surface area contributed by atoms with Crippen LogP contribution in [0.5, 0.6) is 5.75 Å².